The van der Waals surface area contributed by atoms with E-state index in [1.54, 1.807) is 6.92 Å². The lowest BCUT2D eigenvalue weighted by atomic mass is 10.1. The van der Waals surface area contributed by atoms with Crippen molar-refractivity contribution in [3.63, 3.8) is 0 Å². The molecule has 0 radical (unpaired) electrons. The number of hydrogen-bond acceptors (Lipinski definition) is 2. The summed E-state index contributed by atoms with van der Waals surface area (Å²) in [5, 5.41) is 9.21. The summed E-state index contributed by atoms with van der Waals surface area (Å²) in [6.45, 7) is -2.31. The van der Waals surface area contributed by atoms with Crippen molar-refractivity contribution in [3.05, 3.63) is 35.9 Å². The van der Waals surface area contributed by atoms with Crippen LogP contribution in [-0.4, -0.2) is 29.0 Å². The third-order valence-corrected chi connectivity index (χ3v) is 3.64. The molecule has 1 heterocycles. The molecule has 0 bridgehead atoms. The van der Waals surface area contributed by atoms with Crippen LogP contribution in [0.4, 0.5) is 0 Å². The first-order chi connectivity index (χ1) is 9.65. The smallest absolute Gasteiger partial charge is 0.307 e. The Balaban J connectivity index is 1.96. The Morgan fingerprint density at radius 3 is 2.82 bits per heavy atom. The summed E-state index contributed by atoms with van der Waals surface area (Å²) in [6.07, 6.45) is 0. The molecule has 1 saturated heterocycles. The van der Waals surface area contributed by atoms with Crippen LogP contribution in [0.25, 0.3) is 0 Å². The molecule has 3 rings (SSSR count). The third-order valence-electron chi connectivity index (χ3n) is 3.64. The number of carbonyl (C=O) groups is 1. The van der Waals surface area contributed by atoms with E-state index in [1.165, 1.54) is 4.90 Å². The Morgan fingerprint density at radius 2 is 2.29 bits per heavy atom. The lowest BCUT2D eigenvalue weighted by Crippen LogP contribution is -2.28. The predicted molar refractivity (Wildman–Crippen MR) is 64.4 cm³/mol. The summed E-state index contributed by atoms with van der Waals surface area (Å²) in [6, 6.07) is 9.11. The van der Waals surface area contributed by atoms with E-state index in [1.807, 2.05) is 30.3 Å². The average molecular weight is 235 g/mol. The summed E-state index contributed by atoms with van der Waals surface area (Å²) in [4.78, 5) is 12.4. The van der Waals surface area contributed by atoms with Crippen LogP contribution >= 0.6 is 0 Å². The van der Waals surface area contributed by atoms with E-state index in [9.17, 15) is 9.90 Å². The van der Waals surface area contributed by atoms with Crippen LogP contribution < -0.4 is 0 Å². The fourth-order valence-corrected chi connectivity index (χ4v) is 2.60. The molecule has 2 fully saturated rings. The van der Waals surface area contributed by atoms with Gasteiger partial charge in [0.05, 0.1) is 5.92 Å². The fraction of sp³-hybridized carbons (Fsp3) is 0.500. The summed E-state index contributed by atoms with van der Waals surface area (Å²) >= 11 is 0. The lowest BCUT2D eigenvalue weighted by Gasteiger charge is -2.20. The molecule has 1 N–H and O–H groups in total. The molecule has 1 aliphatic heterocycles. The van der Waals surface area contributed by atoms with Crippen molar-refractivity contribution in [2.24, 2.45) is 17.3 Å². The number of nitrogens with zero attached hydrogens (tertiary/aromatic N) is 1. The predicted octanol–water partition coefficient (Wildman–Crippen LogP) is 1.84. The van der Waals surface area contributed by atoms with Crippen LogP contribution in [0.15, 0.2) is 30.3 Å². The largest absolute Gasteiger partial charge is 0.481 e. The second-order valence-electron chi connectivity index (χ2n) is 4.89. The van der Waals surface area contributed by atoms with E-state index < -0.39 is 36.2 Å². The van der Waals surface area contributed by atoms with E-state index >= 15 is 0 Å². The maximum Gasteiger partial charge on any atom is 0.307 e. The monoisotopic (exact) mass is 235 g/mol. The highest BCUT2D eigenvalue weighted by atomic mass is 16.4. The van der Waals surface area contributed by atoms with Gasteiger partial charge in [-0.1, -0.05) is 37.3 Å². The molecule has 2 aliphatic rings. The van der Waals surface area contributed by atoms with Crippen molar-refractivity contribution in [2.45, 2.75) is 13.5 Å². The highest BCUT2D eigenvalue weighted by Crippen LogP contribution is 2.63. The van der Waals surface area contributed by atoms with Crippen LogP contribution in [-0.2, 0) is 11.3 Å². The topological polar surface area (TPSA) is 40.5 Å². The average Bonchev–Trinajstić information content (AvgIpc) is 3.03. The van der Waals surface area contributed by atoms with Crippen molar-refractivity contribution in [1.29, 1.82) is 0 Å². The number of rotatable bonds is 3. The Bertz CT molecular complexity index is 592. The van der Waals surface area contributed by atoms with E-state index in [0.29, 0.717) is 0 Å². The minimum absolute atomic E-state index is 0.124. The number of likely N-dealkylation sites (tertiary alicyclic amines) is 1. The first-order valence-corrected chi connectivity index (χ1v) is 5.69. The quantitative estimate of drug-likeness (QED) is 0.869. The van der Waals surface area contributed by atoms with Crippen molar-refractivity contribution >= 4 is 5.97 Å². The Morgan fingerprint density at radius 1 is 1.59 bits per heavy atom. The van der Waals surface area contributed by atoms with Crippen molar-refractivity contribution < 1.29 is 15.4 Å². The first-order valence-electron chi connectivity index (χ1n) is 7.69. The third kappa shape index (κ3) is 1.65. The standard InChI is InChI=1S/C14H17NO2/c1-14-9-15(7-10-5-3-2-4-6-10)8-11(14)12(14)13(16)17/h2-6,11-12H,7-9H2,1H3,(H,16,17)/i8D2,9D2. The van der Waals surface area contributed by atoms with Gasteiger partial charge in [-0.3, -0.25) is 9.69 Å². The molecule has 0 aromatic heterocycles. The number of hydrogen-bond donors (Lipinski definition) is 1. The van der Waals surface area contributed by atoms with Gasteiger partial charge in [0.1, 0.15) is 0 Å². The van der Waals surface area contributed by atoms with Gasteiger partial charge in [-0.25, -0.2) is 0 Å². The molecule has 3 atom stereocenters. The molecule has 0 spiro atoms. The Labute approximate surface area is 107 Å². The number of aliphatic carboxylic acids is 1. The molecule has 0 amide bonds. The van der Waals surface area contributed by atoms with Gasteiger partial charge in [-0.15, -0.1) is 0 Å². The minimum atomic E-state index is -2.00. The molecule has 3 heteroatoms. The van der Waals surface area contributed by atoms with Crippen LogP contribution in [0.3, 0.4) is 0 Å². The highest BCUT2D eigenvalue weighted by Gasteiger charge is 2.69. The van der Waals surface area contributed by atoms with Crippen LogP contribution in [0.2, 0.25) is 0 Å². The highest BCUT2D eigenvalue weighted by molar-refractivity contribution is 5.76. The van der Waals surface area contributed by atoms with Crippen LogP contribution in [0, 0.1) is 17.3 Å². The van der Waals surface area contributed by atoms with Crippen molar-refractivity contribution in [3.8, 4) is 0 Å². The number of benzene rings is 1. The second-order valence-corrected chi connectivity index (χ2v) is 4.89. The van der Waals surface area contributed by atoms with Gasteiger partial charge in [0, 0.05) is 25.0 Å². The van der Waals surface area contributed by atoms with Crippen molar-refractivity contribution in [2.75, 3.05) is 13.0 Å². The van der Waals surface area contributed by atoms with E-state index in [2.05, 4.69) is 0 Å². The van der Waals surface area contributed by atoms with Crippen molar-refractivity contribution in [1.82, 2.24) is 4.90 Å². The van der Waals surface area contributed by atoms with Gasteiger partial charge in [0.25, 0.3) is 0 Å². The molecule has 1 saturated carbocycles. The SMILES string of the molecule is [2H]C1([2H])C2C(C(=O)O)C2(C)C([2H])([2H])N1Cc1ccccc1. The zero-order valence-corrected chi connectivity index (χ0v) is 9.55. The van der Waals surface area contributed by atoms with Gasteiger partial charge < -0.3 is 5.11 Å². The normalized spacial score (nSPS) is 45.0. The molecule has 1 aromatic carbocycles. The number of fused-ring (bicyclic) bond motifs is 1. The summed E-state index contributed by atoms with van der Waals surface area (Å²) in [5.74, 6) is -2.90. The van der Waals surface area contributed by atoms with Crippen LogP contribution in [0.5, 0.6) is 0 Å². The maximum absolute atomic E-state index is 11.3. The summed E-state index contributed by atoms with van der Waals surface area (Å²) in [7, 11) is 0. The Hall–Kier alpha value is -1.35. The molecule has 90 valence electrons. The minimum Gasteiger partial charge on any atom is -0.481 e. The summed E-state index contributed by atoms with van der Waals surface area (Å²) < 4.78 is 33.1. The van der Waals surface area contributed by atoms with Crippen LogP contribution in [0.1, 0.15) is 18.0 Å². The van der Waals surface area contributed by atoms with Gasteiger partial charge in [-0.2, -0.15) is 0 Å². The van der Waals surface area contributed by atoms with Gasteiger partial charge in [0.15, 0.2) is 0 Å². The van der Waals surface area contributed by atoms with E-state index in [-0.39, 0.29) is 6.54 Å². The Kier molecular flexibility index (Phi) is 1.51. The summed E-state index contributed by atoms with van der Waals surface area (Å²) in [5.41, 5.74) is -0.376. The van der Waals surface area contributed by atoms with Gasteiger partial charge in [-0.05, 0) is 16.9 Å². The molecular weight excluding hydrogens is 214 g/mol. The zero-order valence-electron chi connectivity index (χ0n) is 13.6. The maximum atomic E-state index is 11.3. The van der Waals surface area contributed by atoms with E-state index in [4.69, 9.17) is 5.48 Å². The van der Waals surface area contributed by atoms with Gasteiger partial charge >= 0.3 is 5.97 Å². The molecule has 3 nitrogen and oxygen atoms in total. The molecule has 3 unspecified atom stereocenters. The number of carboxylic acid groups (broad SMARTS) is 1. The number of piperidine rings is 1. The van der Waals surface area contributed by atoms with Gasteiger partial charge in [0.2, 0.25) is 0 Å². The number of carboxylic acids is 1. The second kappa shape index (κ2) is 3.57. The lowest BCUT2D eigenvalue weighted by molar-refractivity contribution is -0.140. The zero-order chi connectivity index (χ0) is 15.6. The molecule has 1 aliphatic carbocycles. The van der Waals surface area contributed by atoms with E-state index in [0.717, 1.165) is 5.56 Å². The first kappa shape index (κ1) is 7.17. The molecule has 1 aromatic rings. The fourth-order valence-electron chi connectivity index (χ4n) is 2.60. The molecular formula is C14H17NO2. The molecule has 17 heavy (non-hydrogen) atoms.